The van der Waals surface area contributed by atoms with E-state index in [0.29, 0.717) is 57.9 Å². The molecule has 2 aromatic carbocycles. The Bertz CT molecular complexity index is 2340. The lowest BCUT2D eigenvalue weighted by Gasteiger charge is -2.21. The fourth-order valence-electron chi connectivity index (χ4n) is 6.97. The number of benzene rings is 2. The highest BCUT2D eigenvalue weighted by Gasteiger charge is 2.43. The molecule has 4 amide bonds. The first-order chi connectivity index (χ1) is 26.1. The van der Waals surface area contributed by atoms with Gasteiger partial charge in [-0.2, -0.15) is 10.2 Å². The van der Waals surface area contributed by atoms with Gasteiger partial charge in [0.05, 0.1) is 46.5 Å². The van der Waals surface area contributed by atoms with Crippen molar-refractivity contribution in [3.8, 4) is 0 Å². The molecule has 6 N–H and O–H groups in total. The lowest BCUT2D eigenvalue weighted by molar-refractivity contribution is -0.148. The molecule has 1 saturated heterocycles. The van der Waals surface area contributed by atoms with Gasteiger partial charge >= 0.3 is 0 Å². The Morgan fingerprint density at radius 3 is 1.45 bits per heavy atom. The number of aromatic nitrogens is 8. The highest BCUT2D eigenvalue weighted by atomic mass is 16.8. The molecule has 0 radical (unpaired) electrons. The van der Waals surface area contributed by atoms with Crippen molar-refractivity contribution >= 4 is 57.6 Å². The molecule has 0 saturated carbocycles. The number of carbonyl (C=O) groups is 4. The van der Waals surface area contributed by atoms with Gasteiger partial charge < -0.3 is 30.1 Å². The summed E-state index contributed by atoms with van der Waals surface area (Å²) in [5, 5.41) is 14.7. The molecular weight excluding hydrogens is 708 g/mol. The molecule has 0 spiro atoms. The number of primary amides is 2. The minimum atomic E-state index is -1.04. The maximum absolute atomic E-state index is 13.7. The molecule has 0 aliphatic carbocycles. The molecular formula is C37H42N12O6. The van der Waals surface area contributed by atoms with Crippen LogP contribution in [0.1, 0.15) is 80.8 Å². The molecule has 2 atom stereocenters. The van der Waals surface area contributed by atoms with E-state index in [1.54, 1.807) is 94.7 Å². The minimum absolute atomic E-state index is 0.150. The fraction of sp³-hybridized carbons (Fsp3) is 0.351. The first kappa shape index (κ1) is 36.9. The third-order valence-corrected chi connectivity index (χ3v) is 9.39. The Morgan fingerprint density at radius 1 is 0.691 bits per heavy atom. The zero-order valence-corrected chi connectivity index (χ0v) is 31.3. The quantitative estimate of drug-likeness (QED) is 0.142. The first-order valence-corrected chi connectivity index (χ1v) is 17.8. The number of nitrogens with two attached hydrogens (primary N) is 2. The van der Waals surface area contributed by atoms with E-state index in [-0.39, 0.29) is 36.1 Å². The third kappa shape index (κ3) is 7.16. The van der Waals surface area contributed by atoms with Crippen molar-refractivity contribution in [2.45, 2.75) is 85.7 Å². The normalized spacial score (nSPS) is 16.5. The number of anilines is 2. The van der Waals surface area contributed by atoms with Crippen LogP contribution in [0.3, 0.4) is 0 Å². The summed E-state index contributed by atoms with van der Waals surface area (Å²) >= 11 is 0. The summed E-state index contributed by atoms with van der Waals surface area (Å²) in [6, 6.07) is 13.1. The summed E-state index contributed by atoms with van der Waals surface area (Å²) in [4.78, 5) is 60.9. The number of hydrogen-bond donors (Lipinski definition) is 4. The SMILES string of the molecule is CCn1nc(C)cc1C(=O)Nc1nc2cc(C(N)=O)ccc2n1C[C@H]1OC(C)(C)O[C@@H]1Cn1c(NC(=O)c2cc(C)nn2CC)nc2cc(C(N)=O)ccc21. The van der Waals surface area contributed by atoms with Gasteiger partial charge in [-0.05, 0) is 90.1 Å². The fourth-order valence-corrected chi connectivity index (χ4v) is 6.97. The average Bonchev–Trinajstić information content (AvgIpc) is 3.93. The third-order valence-electron chi connectivity index (χ3n) is 9.39. The van der Waals surface area contributed by atoms with Crippen LogP contribution in [-0.4, -0.2) is 80.3 Å². The summed E-state index contributed by atoms with van der Waals surface area (Å²) in [5.41, 5.74) is 15.8. The highest BCUT2D eigenvalue weighted by Crippen LogP contribution is 2.34. The molecule has 6 aromatic rings. The topological polar surface area (TPSA) is 234 Å². The number of nitrogens with one attached hydrogen (secondary N) is 2. The number of fused-ring (bicyclic) bond motifs is 2. The summed E-state index contributed by atoms with van der Waals surface area (Å²) in [6.45, 7) is 12.2. The van der Waals surface area contributed by atoms with E-state index in [4.69, 9.17) is 30.9 Å². The molecule has 18 nitrogen and oxygen atoms in total. The minimum Gasteiger partial charge on any atom is -0.366 e. The average molecular weight is 751 g/mol. The van der Waals surface area contributed by atoms with Gasteiger partial charge in [0.15, 0.2) is 5.79 Å². The number of ether oxygens (including phenoxy) is 2. The zero-order chi connectivity index (χ0) is 39.3. The van der Waals surface area contributed by atoms with Crippen molar-refractivity contribution in [3.05, 3.63) is 82.4 Å². The van der Waals surface area contributed by atoms with Crippen molar-refractivity contribution in [3.63, 3.8) is 0 Å². The maximum Gasteiger partial charge on any atom is 0.276 e. The molecule has 7 rings (SSSR count). The van der Waals surface area contributed by atoms with E-state index < -0.39 is 41.6 Å². The van der Waals surface area contributed by atoms with Gasteiger partial charge in [-0.3, -0.25) is 39.2 Å². The monoisotopic (exact) mass is 750 g/mol. The molecule has 18 heteroatoms. The Labute approximate surface area is 314 Å². The van der Waals surface area contributed by atoms with E-state index >= 15 is 0 Å². The predicted molar refractivity (Wildman–Crippen MR) is 202 cm³/mol. The van der Waals surface area contributed by atoms with E-state index in [9.17, 15) is 19.2 Å². The summed E-state index contributed by atoms with van der Waals surface area (Å²) < 4.78 is 19.8. The lowest BCUT2D eigenvalue weighted by Crippen LogP contribution is -2.33. The van der Waals surface area contributed by atoms with Crippen molar-refractivity contribution in [1.29, 1.82) is 0 Å². The molecule has 1 fully saturated rings. The molecule has 4 aromatic heterocycles. The van der Waals surface area contributed by atoms with Crippen molar-refractivity contribution in [1.82, 2.24) is 38.7 Å². The first-order valence-electron chi connectivity index (χ1n) is 17.8. The molecule has 286 valence electrons. The number of carbonyl (C=O) groups excluding carboxylic acids is 4. The van der Waals surface area contributed by atoms with Gasteiger partial charge in [0, 0.05) is 24.2 Å². The van der Waals surface area contributed by atoms with Crippen LogP contribution in [0.15, 0.2) is 48.5 Å². The lowest BCUT2D eigenvalue weighted by atomic mass is 10.1. The van der Waals surface area contributed by atoms with Gasteiger partial charge in [-0.15, -0.1) is 0 Å². The standard InChI is InChI=1S/C37H42N12O6/c1-7-48-27(13-19(3)44-48)33(52)42-35-40-23-15-21(31(38)50)9-11-25(23)46(35)17-29-30(55-37(5,6)54-29)18-47-26-12-10-22(32(39)51)16-24(26)41-36(47)43-34(53)28-14-20(4)45-49(28)8-2/h9-16,29-30H,7-8,17-18H2,1-6H3,(H2,38,50)(H2,39,51)(H,40,42,52)(H,41,43,53)/t29-,30-/m1/s1. The summed E-state index contributed by atoms with van der Waals surface area (Å²) in [5.74, 6) is -2.71. The van der Waals surface area contributed by atoms with Crippen LogP contribution in [0.25, 0.3) is 22.1 Å². The van der Waals surface area contributed by atoms with Crippen LogP contribution in [0.5, 0.6) is 0 Å². The number of imidazole rings is 2. The van der Waals surface area contributed by atoms with Crippen LogP contribution in [0.4, 0.5) is 11.9 Å². The zero-order valence-electron chi connectivity index (χ0n) is 31.3. The molecule has 0 bridgehead atoms. The van der Waals surface area contributed by atoms with E-state index in [1.807, 2.05) is 13.8 Å². The second-order valence-corrected chi connectivity index (χ2v) is 13.8. The summed E-state index contributed by atoms with van der Waals surface area (Å²) in [6.07, 6.45) is -1.28. The van der Waals surface area contributed by atoms with Crippen molar-refractivity contribution in [2.75, 3.05) is 10.6 Å². The number of hydrogen-bond acceptors (Lipinski definition) is 10. The van der Waals surface area contributed by atoms with Gasteiger partial charge in [-0.25, -0.2) is 9.97 Å². The highest BCUT2D eigenvalue weighted by molar-refractivity contribution is 6.04. The van der Waals surface area contributed by atoms with Crippen molar-refractivity contribution in [2.24, 2.45) is 11.5 Å². The summed E-state index contributed by atoms with van der Waals surface area (Å²) in [7, 11) is 0. The number of aryl methyl sites for hydroxylation is 4. The van der Waals surface area contributed by atoms with Crippen LogP contribution in [0.2, 0.25) is 0 Å². The Kier molecular flexibility index (Phi) is 9.47. The van der Waals surface area contributed by atoms with E-state index in [2.05, 4.69) is 20.8 Å². The van der Waals surface area contributed by atoms with Crippen molar-refractivity contribution < 1.29 is 28.7 Å². The van der Waals surface area contributed by atoms with Crippen LogP contribution in [0, 0.1) is 13.8 Å². The molecule has 0 unspecified atom stereocenters. The Hall–Kier alpha value is -6.40. The molecule has 1 aliphatic rings. The Balaban J connectivity index is 1.27. The van der Waals surface area contributed by atoms with E-state index in [1.165, 1.54) is 0 Å². The Morgan fingerprint density at radius 2 is 1.09 bits per heavy atom. The smallest absolute Gasteiger partial charge is 0.276 e. The molecule has 55 heavy (non-hydrogen) atoms. The van der Waals surface area contributed by atoms with E-state index in [0.717, 1.165) is 0 Å². The number of nitrogens with zero attached hydrogens (tertiary/aromatic N) is 8. The molecule has 5 heterocycles. The molecule has 1 aliphatic heterocycles. The van der Waals surface area contributed by atoms with Crippen LogP contribution < -0.4 is 22.1 Å². The second kappa shape index (κ2) is 14.1. The second-order valence-electron chi connectivity index (χ2n) is 13.8. The van der Waals surface area contributed by atoms with Crippen LogP contribution in [-0.2, 0) is 35.7 Å². The van der Waals surface area contributed by atoms with Gasteiger partial charge in [-0.1, -0.05) is 0 Å². The maximum atomic E-state index is 13.7. The van der Waals surface area contributed by atoms with Gasteiger partial charge in [0.2, 0.25) is 23.7 Å². The van der Waals surface area contributed by atoms with Crippen LogP contribution >= 0.6 is 0 Å². The van der Waals surface area contributed by atoms with Gasteiger partial charge in [0.1, 0.15) is 23.6 Å². The largest absolute Gasteiger partial charge is 0.366 e. The van der Waals surface area contributed by atoms with Gasteiger partial charge in [0.25, 0.3) is 11.8 Å². The number of rotatable bonds is 12. The predicted octanol–water partition coefficient (Wildman–Crippen LogP) is 3.36. The number of amides is 4.